The maximum absolute atomic E-state index is 13.0. The van der Waals surface area contributed by atoms with Crippen molar-refractivity contribution in [2.24, 2.45) is 0 Å². The molecule has 2 atom stereocenters. The maximum atomic E-state index is 13.0. The quantitative estimate of drug-likeness (QED) is 0.0195. The minimum Gasteiger partial charge on any atom is -0.545 e. The molecule has 0 aromatic carbocycles. The highest BCUT2D eigenvalue weighted by Gasteiger charge is 2.22. The molecule has 526 valence electrons. The number of unbranched alkanes of at least 4 members (excludes halogenated alkanes) is 40. The monoisotopic (exact) mass is 1270 g/mol. The van der Waals surface area contributed by atoms with Gasteiger partial charge in [0.05, 0.1) is 40.3 Å². The van der Waals surface area contributed by atoms with Gasteiger partial charge in [0.2, 0.25) is 0 Å². The van der Waals surface area contributed by atoms with E-state index in [9.17, 15) is 19.5 Å². The number of nitrogens with zero attached hydrogens (tertiary/aromatic N) is 1. The van der Waals surface area contributed by atoms with E-state index in [-0.39, 0.29) is 32.2 Å². The Morgan fingerprint density at radius 3 is 0.934 bits per heavy atom. The molecular weight excluding hydrogens is 1130 g/mol. The topological polar surface area (TPSA) is 111 Å². The summed E-state index contributed by atoms with van der Waals surface area (Å²) in [5.41, 5.74) is 0. The number of esters is 2. The van der Waals surface area contributed by atoms with Gasteiger partial charge in [-0.25, -0.2) is 0 Å². The standard InChI is InChI=1S/C82H145NO8/c1-6-8-10-12-14-16-18-20-22-24-26-28-30-32-34-35-36-37-38-39-40-41-42-43-44-45-47-49-51-53-55-57-59-61-63-65-67-69-71-73-80(85)91-78(77-90-82(81(86)87)88-75-74-83(3,4)5)76-89-79(84)72-70-68-66-64-62-60-58-56-54-52-50-48-46-33-31-29-27-25-23-21-19-17-15-13-11-9-7-2/h8,10,14,16,20,22,26,28,32,34,36-37,39-40,42-43,78,82H,6-7,9,11-13,15,17-19,21,23-25,27,29-31,33,35,38,41,44-77H2,1-5H3/b10-8-,16-14-,22-20-,28-26-,34-32-,37-36-,40-39-,43-42-. The van der Waals surface area contributed by atoms with E-state index in [1.807, 2.05) is 21.1 Å². The molecule has 0 radical (unpaired) electrons. The van der Waals surface area contributed by atoms with Gasteiger partial charge in [0.15, 0.2) is 12.4 Å². The minimum absolute atomic E-state index is 0.147. The fourth-order valence-electron chi connectivity index (χ4n) is 11.0. The first-order chi connectivity index (χ1) is 44.6. The number of hydrogen-bond acceptors (Lipinski definition) is 8. The molecule has 0 fully saturated rings. The van der Waals surface area contributed by atoms with Crippen molar-refractivity contribution >= 4 is 17.9 Å². The lowest BCUT2D eigenvalue weighted by molar-refractivity contribution is -0.870. The number of carboxylic acids is 1. The van der Waals surface area contributed by atoms with E-state index in [2.05, 4.69) is 111 Å². The molecular formula is C82H145NO8. The molecule has 0 saturated carbocycles. The molecule has 0 aliphatic heterocycles. The van der Waals surface area contributed by atoms with Crippen LogP contribution in [0.5, 0.6) is 0 Å². The minimum atomic E-state index is -1.62. The molecule has 9 nitrogen and oxygen atoms in total. The molecule has 0 heterocycles. The zero-order valence-corrected chi connectivity index (χ0v) is 60.2. The Balaban J connectivity index is 4.05. The smallest absolute Gasteiger partial charge is 0.306 e. The van der Waals surface area contributed by atoms with Gasteiger partial charge in [-0.3, -0.25) is 9.59 Å². The van der Waals surface area contributed by atoms with Crippen LogP contribution in [0.15, 0.2) is 97.2 Å². The Labute approximate surface area is 562 Å². The van der Waals surface area contributed by atoms with Crippen molar-refractivity contribution < 1.29 is 42.9 Å². The van der Waals surface area contributed by atoms with Crippen LogP contribution in [0.2, 0.25) is 0 Å². The van der Waals surface area contributed by atoms with Crippen LogP contribution < -0.4 is 5.11 Å². The lowest BCUT2D eigenvalue weighted by Gasteiger charge is -2.26. The van der Waals surface area contributed by atoms with Crippen LogP contribution >= 0.6 is 0 Å². The van der Waals surface area contributed by atoms with Gasteiger partial charge in [-0.15, -0.1) is 0 Å². The van der Waals surface area contributed by atoms with Crippen LogP contribution in [0.3, 0.4) is 0 Å². The number of ether oxygens (including phenoxy) is 4. The summed E-state index contributed by atoms with van der Waals surface area (Å²) < 4.78 is 22.9. The first-order valence-electron chi connectivity index (χ1n) is 38.4. The van der Waals surface area contributed by atoms with Crippen molar-refractivity contribution in [3.63, 3.8) is 0 Å². The van der Waals surface area contributed by atoms with E-state index in [0.29, 0.717) is 23.9 Å². The van der Waals surface area contributed by atoms with Crippen LogP contribution in [0, 0.1) is 0 Å². The normalized spacial score (nSPS) is 13.2. The number of carbonyl (C=O) groups excluding carboxylic acids is 3. The summed E-state index contributed by atoms with van der Waals surface area (Å²) in [6.45, 7) is 4.68. The molecule has 2 unspecified atom stereocenters. The largest absolute Gasteiger partial charge is 0.545 e. The molecule has 9 heteroatoms. The molecule has 0 aromatic heterocycles. The van der Waals surface area contributed by atoms with Gasteiger partial charge >= 0.3 is 11.9 Å². The summed E-state index contributed by atoms with van der Waals surface area (Å²) in [7, 11) is 5.94. The predicted octanol–water partition coefficient (Wildman–Crippen LogP) is 23.0. The predicted molar refractivity (Wildman–Crippen MR) is 389 cm³/mol. The number of allylic oxidation sites excluding steroid dienone is 16. The molecule has 0 aromatic rings. The van der Waals surface area contributed by atoms with E-state index >= 15 is 0 Å². The third-order valence-corrected chi connectivity index (χ3v) is 16.8. The van der Waals surface area contributed by atoms with E-state index < -0.39 is 24.3 Å². The molecule has 0 amide bonds. The second kappa shape index (κ2) is 72.0. The van der Waals surface area contributed by atoms with Crippen LogP contribution in [-0.4, -0.2) is 82.3 Å². The van der Waals surface area contributed by atoms with Crippen LogP contribution in [-0.2, 0) is 33.3 Å². The summed E-state index contributed by atoms with van der Waals surface area (Å²) in [5, 5.41) is 11.8. The molecule has 0 N–H and O–H groups in total. The highest BCUT2D eigenvalue weighted by Crippen LogP contribution is 2.19. The molecule has 0 aliphatic carbocycles. The Bertz CT molecular complexity index is 1820. The second-order valence-corrected chi connectivity index (χ2v) is 26.9. The van der Waals surface area contributed by atoms with Crippen LogP contribution in [0.4, 0.5) is 0 Å². The van der Waals surface area contributed by atoms with Crippen molar-refractivity contribution in [2.45, 2.75) is 360 Å². The van der Waals surface area contributed by atoms with E-state index in [0.717, 1.165) is 89.9 Å². The van der Waals surface area contributed by atoms with Crippen molar-refractivity contribution in [3.8, 4) is 0 Å². The summed E-state index contributed by atoms with van der Waals surface area (Å²) in [6.07, 6.45) is 96.5. The molecule has 0 bridgehead atoms. The first kappa shape index (κ1) is 87.2. The van der Waals surface area contributed by atoms with Gasteiger partial charge in [-0.05, 0) is 77.0 Å². The number of likely N-dealkylation sites (N-methyl/N-ethyl adjacent to an activating group) is 1. The SMILES string of the molecule is CC/C=C\C/C=C\C/C=C\C/C=C\C/C=C\C/C=C\C/C=C\C/C=C\CCCCCCCCCCCCCCCCC(=O)OC(COC(=O)CCCCCCCCCCCCCCCCCCCCCCCCCCCCC)COC(OCC[N+](C)(C)C)C(=O)[O-]. The molecule has 0 aliphatic rings. The average molecular weight is 1270 g/mol. The third kappa shape index (κ3) is 73.5. The zero-order valence-electron chi connectivity index (χ0n) is 60.2. The molecule has 91 heavy (non-hydrogen) atoms. The van der Waals surface area contributed by atoms with Crippen LogP contribution in [0.1, 0.15) is 348 Å². The first-order valence-corrected chi connectivity index (χ1v) is 38.4. The van der Waals surface area contributed by atoms with E-state index in [4.69, 9.17) is 18.9 Å². The van der Waals surface area contributed by atoms with Crippen molar-refractivity contribution in [3.05, 3.63) is 97.2 Å². The van der Waals surface area contributed by atoms with Gasteiger partial charge in [0, 0.05) is 12.8 Å². The number of quaternary nitrogens is 1. The summed E-state index contributed by atoms with van der Waals surface area (Å²) in [5.74, 6) is -2.27. The molecule has 0 rings (SSSR count). The number of aliphatic carboxylic acids is 1. The Kier molecular flexibility index (Phi) is 69.0. The summed E-state index contributed by atoms with van der Waals surface area (Å²) in [6, 6.07) is 0. The van der Waals surface area contributed by atoms with E-state index in [1.54, 1.807) is 0 Å². The summed E-state index contributed by atoms with van der Waals surface area (Å²) in [4.78, 5) is 37.6. The van der Waals surface area contributed by atoms with Crippen molar-refractivity contribution in [1.82, 2.24) is 0 Å². The zero-order chi connectivity index (χ0) is 66.1. The average Bonchev–Trinajstić information content (AvgIpc) is 3.46. The van der Waals surface area contributed by atoms with E-state index in [1.165, 1.54) is 225 Å². The molecule has 0 saturated heterocycles. The third-order valence-electron chi connectivity index (χ3n) is 16.8. The van der Waals surface area contributed by atoms with Crippen molar-refractivity contribution in [2.75, 3.05) is 47.5 Å². The van der Waals surface area contributed by atoms with Gasteiger partial charge in [0.25, 0.3) is 0 Å². The lowest BCUT2D eigenvalue weighted by Crippen LogP contribution is -2.44. The maximum Gasteiger partial charge on any atom is 0.306 e. The van der Waals surface area contributed by atoms with Crippen LogP contribution in [0.25, 0.3) is 0 Å². The number of hydrogen-bond donors (Lipinski definition) is 0. The van der Waals surface area contributed by atoms with Gasteiger partial charge in [0.1, 0.15) is 13.2 Å². The highest BCUT2D eigenvalue weighted by molar-refractivity contribution is 5.70. The fraction of sp³-hybridized carbons (Fsp3) is 0.768. The number of carbonyl (C=O) groups is 3. The van der Waals surface area contributed by atoms with Gasteiger partial charge < -0.3 is 33.3 Å². The Morgan fingerprint density at radius 2 is 0.626 bits per heavy atom. The fourth-order valence-corrected chi connectivity index (χ4v) is 11.0. The molecule has 0 spiro atoms. The second-order valence-electron chi connectivity index (χ2n) is 26.9. The highest BCUT2D eigenvalue weighted by atomic mass is 16.7. The Hall–Kier alpha value is -3.79. The number of rotatable bonds is 71. The van der Waals surface area contributed by atoms with Gasteiger partial charge in [-0.2, -0.15) is 0 Å². The number of carboxylic acid groups (broad SMARTS) is 1. The summed E-state index contributed by atoms with van der Waals surface area (Å²) >= 11 is 0. The lowest BCUT2D eigenvalue weighted by atomic mass is 10.0. The van der Waals surface area contributed by atoms with Crippen molar-refractivity contribution in [1.29, 1.82) is 0 Å². The van der Waals surface area contributed by atoms with Gasteiger partial charge in [-0.1, -0.05) is 355 Å². The Morgan fingerprint density at radius 1 is 0.341 bits per heavy atom.